The Morgan fingerprint density at radius 2 is 2.10 bits per heavy atom. The van der Waals surface area contributed by atoms with Gasteiger partial charge in [0.05, 0.1) is 12.2 Å². The Labute approximate surface area is 118 Å². The van der Waals surface area contributed by atoms with Gasteiger partial charge in [-0.15, -0.1) is 0 Å². The lowest BCUT2D eigenvalue weighted by molar-refractivity contribution is 0.494. The topological polar surface area (TPSA) is 46.8 Å². The van der Waals surface area contributed by atoms with Gasteiger partial charge < -0.3 is 4.90 Å². The monoisotopic (exact) mass is 269 g/mol. The summed E-state index contributed by atoms with van der Waals surface area (Å²) in [4.78, 5) is 11.2. The Kier molecular flexibility index (Phi) is 2.72. The summed E-state index contributed by atoms with van der Waals surface area (Å²) in [7, 11) is 0. The third-order valence-corrected chi connectivity index (χ3v) is 4.26. The SMILES string of the molecule is Cc1cnn(C2CCN(c3cc(C4CC4)ncn3)C2)c1. The molecule has 0 amide bonds. The van der Waals surface area contributed by atoms with E-state index in [1.54, 1.807) is 6.33 Å². The predicted molar refractivity (Wildman–Crippen MR) is 76.8 cm³/mol. The van der Waals surface area contributed by atoms with Crippen molar-refractivity contribution in [2.75, 3.05) is 18.0 Å². The zero-order chi connectivity index (χ0) is 13.5. The lowest BCUT2D eigenvalue weighted by Gasteiger charge is -2.18. The highest BCUT2D eigenvalue weighted by molar-refractivity contribution is 5.41. The van der Waals surface area contributed by atoms with Crippen LogP contribution in [0, 0.1) is 6.92 Å². The first-order chi connectivity index (χ1) is 9.79. The number of aromatic nitrogens is 4. The van der Waals surface area contributed by atoms with Gasteiger partial charge in [0.25, 0.3) is 0 Å². The fourth-order valence-electron chi connectivity index (χ4n) is 2.94. The largest absolute Gasteiger partial charge is 0.354 e. The molecule has 2 aromatic heterocycles. The van der Waals surface area contributed by atoms with Gasteiger partial charge in [0.2, 0.25) is 0 Å². The molecular formula is C15H19N5. The fourth-order valence-corrected chi connectivity index (χ4v) is 2.94. The van der Waals surface area contributed by atoms with Gasteiger partial charge in [-0.25, -0.2) is 9.97 Å². The molecule has 1 saturated heterocycles. The molecule has 4 rings (SSSR count). The van der Waals surface area contributed by atoms with E-state index in [1.807, 2.05) is 6.20 Å². The minimum absolute atomic E-state index is 0.461. The molecule has 1 saturated carbocycles. The molecule has 2 aromatic rings. The summed E-state index contributed by atoms with van der Waals surface area (Å²) in [6.07, 6.45) is 9.47. The van der Waals surface area contributed by atoms with Crippen LogP contribution in [-0.2, 0) is 0 Å². The van der Waals surface area contributed by atoms with Gasteiger partial charge in [0.1, 0.15) is 12.1 Å². The summed E-state index contributed by atoms with van der Waals surface area (Å²) in [5.74, 6) is 1.76. The zero-order valence-corrected chi connectivity index (χ0v) is 11.7. The first-order valence-corrected chi connectivity index (χ1v) is 7.37. The molecule has 1 unspecified atom stereocenters. The van der Waals surface area contributed by atoms with Crippen molar-refractivity contribution in [1.29, 1.82) is 0 Å². The molecule has 1 atom stereocenters. The molecule has 2 fully saturated rings. The van der Waals surface area contributed by atoms with E-state index in [9.17, 15) is 0 Å². The standard InChI is InChI=1S/C15H19N5/c1-11-7-18-20(8-11)13-4-5-19(9-13)15-6-14(12-2-3-12)16-10-17-15/h6-8,10,12-13H,2-5,9H2,1H3. The quantitative estimate of drug-likeness (QED) is 0.858. The number of hydrogen-bond acceptors (Lipinski definition) is 4. The average Bonchev–Trinajstić information content (AvgIpc) is 3.04. The molecule has 0 N–H and O–H groups in total. The highest BCUT2D eigenvalue weighted by Gasteiger charge is 2.28. The fraction of sp³-hybridized carbons (Fsp3) is 0.533. The van der Waals surface area contributed by atoms with Crippen LogP contribution < -0.4 is 4.90 Å². The van der Waals surface area contributed by atoms with Gasteiger partial charge in [-0.05, 0) is 31.7 Å². The summed E-state index contributed by atoms with van der Waals surface area (Å²) in [6, 6.07) is 2.64. The lowest BCUT2D eigenvalue weighted by atomic mass is 10.2. The molecule has 3 heterocycles. The molecule has 1 aliphatic heterocycles. The second-order valence-corrected chi connectivity index (χ2v) is 5.96. The third-order valence-electron chi connectivity index (χ3n) is 4.26. The highest BCUT2D eigenvalue weighted by Crippen LogP contribution is 2.39. The average molecular weight is 269 g/mol. The molecule has 0 aromatic carbocycles. The zero-order valence-electron chi connectivity index (χ0n) is 11.7. The summed E-state index contributed by atoms with van der Waals surface area (Å²) < 4.78 is 2.10. The van der Waals surface area contributed by atoms with Crippen LogP contribution in [0.5, 0.6) is 0 Å². The van der Waals surface area contributed by atoms with Crippen molar-refractivity contribution in [1.82, 2.24) is 19.7 Å². The molecule has 1 aliphatic carbocycles. The van der Waals surface area contributed by atoms with Crippen LogP contribution in [0.15, 0.2) is 24.8 Å². The number of nitrogens with zero attached hydrogens (tertiary/aromatic N) is 5. The second-order valence-electron chi connectivity index (χ2n) is 5.96. The Hall–Kier alpha value is -1.91. The van der Waals surface area contributed by atoms with Gasteiger partial charge in [-0.2, -0.15) is 5.10 Å². The van der Waals surface area contributed by atoms with Crippen LogP contribution in [0.1, 0.15) is 42.5 Å². The first kappa shape index (κ1) is 11.9. The molecule has 104 valence electrons. The molecule has 0 bridgehead atoms. The Morgan fingerprint density at radius 3 is 2.85 bits per heavy atom. The maximum atomic E-state index is 4.45. The van der Waals surface area contributed by atoms with Crippen molar-refractivity contribution in [3.05, 3.63) is 36.0 Å². The normalized spacial score (nSPS) is 22.4. The van der Waals surface area contributed by atoms with Crippen LogP contribution in [0.4, 0.5) is 5.82 Å². The van der Waals surface area contributed by atoms with Crippen LogP contribution >= 0.6 is 0 Å². The predicted octanol–water partition coefficient (Wildman–Crippen LogP) is 2.31. The van der Waals surface area contributed by atoms with Crippen molar-refractivity contribution >= 4 is 5.82 Å². The van der Waals surface area contributed by atoms with Gasteiger partial charge in [0.15, 0.2) is 0 Å². The third kappa shape index (κ3) is 2.17. The summed E-state index contributed by atoms with van der Waals surface area (Å²) in [5.41, 5.74) is 2.44. The van der Waals surface area contributed by atoms with E-state index in [4.69, 9.17) is 0 Å². The molecule has 0 spiro atoms. The Balaban J connectivity index is 1.51. The lowest BCUT2D eigenvalue weighted by Crippen LogP contribution is -2.22. The van der Waals surface area contributed by atoms with E-state index in [1.165, 1.54) is 24.1 Å². The molecule has 2 aliphatic rings. The van der Waals surface area contributed by atoms with E-state index in [-0.39, 0.29) is 0 Å². The molecule has 0 radical (unpaired) electrons. The number of anilines is 1. The van der Waals surface area contributed by atoms with Crippen molar-refractivity contribution in [3.63, 3.8) is 0 Å². The van der Waals surface area contributed by atoms with E-state index < -0.39 is 0 Å². The molecule has 20 heavy (non-hydrogen) atoms. The van der Waals surface area contributed by atoms with Crippen molar-refractivity contribution in [2.24, 2.45) is 0 Å². The van der Waals surface area contributed by atoms with E-state index >= 15 is 0 Å². The van der Waals surface area contributed by atoms with Crippen molar-refractivity contribution < 1.29 is 0 Å². The summed E-state index contributed by atoms with van der Waals surface area (Å²) in [6.45, 7) is 4.12. The second kappa shape index (κ2) is 4.58. The van der Waals surface area contributed by atoms with Crippen molar-refractivity contribution in [3.8, 4) is 0 Å². The Bertz CT molecular complexity index is 616. The first-order valence-electron chi connectivity index (χ1n) is 7.37. The minimum atomic E-state index is 0.461. The van der Waals surface area contributed by atoms with Gasteiger partial charge in [-0.1, -0.05) is 0 Å². The highest BCUT2D eigenvalue weighted by atomic mass is 15.3. The number of aryl methyl sites for hydroxylation is 1. The number of hydrogen-bond donors (Lipinski definition) is 0. The van der Waals surface area contributed by atoms with E-state index in [0.29, 0.717) is 12.0 Å². The van der Waals surface area contributed by atoms with Crippen LogP contribution in [0.3, 0.4) is 0 Å². The smallest absolute Gasteiger partial charge is 0.132 e. The van der Waals surface area contributed by atoms with E-state index in [0.717, 1.165) is 25.3 Å². The molecule has 5 nitrogen and oxygen atoms in total. The van der Waals surface area contributed by atoms with E-state index in [2.05, 4.69) is 43.8 Å². The maximum absolute atomic E-state index is 4.45. The molecule has 5 heteroatoms. The summed E-state index contributed by atoms with van der Waals surface area (Å²) >= 11 is 0. The van der Waals surface area contributed by atoms with Gasteiger partial charge >= 0.3 is 0 Å². The van der Waals surface area contributed by atoms with Crippen LogP contribution in [-0.4, -0.2) is 32.8 Å². The number of rotatable bonds is 3. The Morgan fingerprint density at radius 1 is 1.20 bits per heavy atom. The molecular weight excluding hydrogens is 250 g/mol. The maximum Gasteiger partial charge on any atom is 0.132 e. The minimum Gasteiger partial charge on any atom is -0.354 e. The van der Waals surface area contributed by atoms with Crippen LogP contribution in [0.2, 0.25) is 0 Å². The van der Waals surface area contributed by atoms with Gasteiger partial charge in [-0.3, -0.25) is 4.68 Å². The van der Waals surface area contributed by atoms with Crippen molar-refractivity contribution in [2.45, 2.75) is 38.1 Å². The summed E-state index contributed by atoms with van der Waals surface area (Å²) in [5, 5.41) is 4.44. The van der Waals surface area contributed by atoms with Crippen LogP contribution in [0.25, 0.3) is 0 Å². The van der Waals surface area contributed by atoms with Gasteiger partial charge in [0, 0.05) is 37.0 Å².